The van der Waals surface area contributed by atoms with Gasteiger partial charge in [-0.2, -0.15) is 0 Å². The highest BCUT2D eigenvalue weighted by atomic mass is 35.5. The maximum atomic E-state index is 12.5. The van der Waals surface area contributed by atoms with E-state index in [0.717, 1.165) is 48.1 Å². The number of fused-ring (bicyclic) bond motifs is 1. The fourth-order valence-corrected chi connectivity index (χ4v) is 4.11. The van der Waals surface area contributed by atoms with E-state index >= 15 is 0 Å². The monoisotopic (exact) mass is 409 g/mol. The molecule has 0 unspecified atom stereocenters. The summed E-state index contributed by atoms with van der Waals surface area (Å²) in [6, 6.07) is 18.8. The first-order valence-electron chi connectivity index (χ1n) is 10.1. The quantitative estimate of drug-likeness (QED) is 0.604. The maximum Gasteiger partial charge on any atom is 0.251 e. The molecule has 1 aromatic heterocycles. The van der Waals surface area contributed by atoms with Gasteiger partial charge in [0.15, 0.2) is 0 Å². The molecule has 3 aromatic rings. The average molecular weight is 410 g/mol. The van der Waals surface area contributed by atoms with Crippen LogP contribution in [0.1, 0.15) is 47.2 Å². The van der Waals surface area contributed by atoms with Crippen molar-refractivity contribution in [3.63, 3.8) is 0 Å². The highest BCUT2D eigenvalue weighted by molar-refractivity contribution is 5.95. The zero-order valence-corrected chi connectivity index (χ0v) is 17.8. The summed E-state index contributed by atoms with van der Waals surface area (Å²) < 4.78 is 0. The lowest BCUT2D eigenvalue weighted by Gasteiger charge is -2.30. The molecule has 2 N–H and O–H groups in total. The molecule has 1 heterocycles. The van der Waals surface area contributed by atoms with Crippen LogP contribution in [-0.4, -0.2) is 23.0 Å². The fourth-order valence-electron chi connectivity index (χ4n) is 4.11. The normalized spacial score (nSPS) is 18.7. The van der Waals surface area contributed by atoms with Crippen molar-refractivity contribution in [1.82, 2.24) is 10.3 Å². The lowest BCUT2D eigenvalue weighted by molar-refractivity contribution is 0.0926. The Morgan fingerprint density at radius 2 is 1.55 bits per heavy atom. The summed E-state index contributed by atoms with van der Waals surface area (Å²) in [7, 11) is 0. The van der Waals surface area contributed by atoms with Gasteiger partial charge in [-0.25, -0.2) is 4.98 Å². The van der Waals surface area contributed by atoms with Crippen molar-refractivity contribution < 1.29 is 4.79 Å². The van der Waals surface area contributed by atoms with Gasteiger partial charge in [-0.1, -0.05) is 36.4 Å². The molecule has 4 rings (SSSR count). The molecule has 1 amide bonds. The molecule has 29 heavy (non-hydrogen) atoms. The van der Waals surface area contributed by atoms with Crippen molar-refractivity contribution >= 4 is 35.0 Å². The molecule has 2 aromatic carbocycles. The number of aryl methyl sites for hydroxylation is 2. The van der Waals surface area contributed by atoms with Crippen LogP contribution in [0.3, 0.4) is 0 Å². The molecule has 5 heteroatoms. The maximum absolute atomic E-state index is 12.5. The predicted octanol–water partition coefficient (Wildman–Crippen LogP) is 5.43. The molecule has 1 aliphatic rings. The minimum absolute atomic E-state index is 0. The van der Waals surface area contributed by atoms with Gasteiger partial charge < -0.3 is 10.6 Å². The first-order valence-corrected chi connectivity index (χ1v) is 10.1. The van der Waals surface area contributed by atoms with Gasteiger partial charge in [0.25, 0.3) is 5.91 Å². The molecule has 1 aliphatic carbocycles. The standard InChI is InChI=1S/C24H27N3O.ClH/c1-16-7-3-4-9-21(16)24(28)26-19-13-11-18(12-14-19)25-23-15-17(2)20-8-5-6-10-22(20)27-23;/h3-10,15,18-19H,11-14H2,1-2H3,(H,25,27)(H,26,28);1H. The summed E-state index contributed by atoms with van der Waals surface area (Å²) in [6.45, 7) is 4.11. The smallest absolute Gasteiger partial charge is 0.251 e. The van der Waals surface area contributed by atoms with Crippen LogP contribution >= 0.6 is 12.4 Å². The highest BCUT2D eigenvalue weighted by Gasteiger charge is 2.23. The minimum Gasteiger partial charge on any atom is -0.367 e. The number of aromatic nitrogens is 1. The van der Waals surface area contributed by atoms with Gasteiger partial charge in [0.2, 0.25) is 0 Å². The Hall–Kier alpha value is -2.59. The average Bonchev–Trinajstić information content (AvgIpc) is 2.70. The third kappa shape index (κ3) is 4.88. The Balaban J connectivity index is 0.00000240. The van der Waals surface area contributed by atoms with E-state index in [2.05, 4.69) is 41.8 Å². The van der Waals surface area contributed by atoms with E-state index in [1.54, 1.807) is 0 Å². The van der Waals surface area contributed by atoms with Crippen LogP contribution < -0.4 is 10.6 Å². The SMILES string of the molecule is Cc1ccccc1C(=O)NC1CCC(Nc2cc(C)c3ccccc3n2)CC1.Cl. The van der Waals surface area contributed by atoms with Gasteiger partial charge in [0.05, 0.1) is 5.52 Å². The number of nitrogens with one attached hydrogen (secondary N) is 2. The molecular formula is C24H28ClN3O. The van der Waals surface area contributed by atoms with Crippen molar-refractivity contribution in [2.45, 2.75) is 51.6 Å². The first-order chi connectivity index (χ1) is 13.6. The Morgan fingerprint density at radius 3 is 2.31 bits per heavy atom. The van der Waals surface area contributed by atoms with Gasteiger partial charge in [0.1, 0.15) is 5.82 Å². The second kappa shape index (κ2) is 9.27. The van der Waals surface area contributed by atoms with Crippen LogP contribution in [-0.2, 0) is 0 Å². The zero-order chi connectivity index (χ0) is 19.5. The number of nitrogens with zero attached hydrogens (tertiary/aromatic N) is 1. The molecule has 0 spiro atoms. The summed E-state index contributed by atoms with van der Waals surface area (Å²) in [6.07, 6.45) is 4.04. The Labute approximate surface area is 178 Å². The summed E-state index contributed by atoms with van der Waals surface area (Å²) in [4.78, 5) is 17.3. The molecule has 0 bridgehead atoms. The van der Waals surface area contributed by atoms with Gasteiger partial charge in [-0.3, -0.25) is 4.79 Å². The number of carbonyl (C=O) groups is 1. The van der Waals surface area contributed by atoms with Crippen LogP contribution in [0.5, 0.6) is 0 Å². The number of benzene rings is 2. The van der Waals surface area contributed by atoms with Crippen molar-refractivity contribution in [3.8, 4) is 0 Å². The summed E-state index contributed by atoms with van der Waals surface area (Å²) in [5, 5.41) is 8.02. The van der Waals surface area contributed by atoms with E-state index in [9.17, 15) is 4.79 Å². The Morgan fingerprint density at radius 1 is 0.897 bits per heavy atom. The number of rotatable bonds is 4. The van der Waals surface area contributed by atoms with E-state index in [1.807, 2.05) is 37.3 Å². The molecule has 152 valence electrons. The summed E-state index contributed by atoms with van der Waals surface area (Å²) in [5.41, 5.74) is 4.07. The molecule has 1 saturated carbocycles. The number of hydrogen-bond donors (Lipinski definition) is 2. The number of carbonyl (C=O) groups excluding carboxylic acids is 1. The Bertz CT molecular complexity index is 996. The number of hydrogen-bond acceptors (Lipinski definition) is 3. The van der Waals surface area contributed by atoms with Crippen LogP contribution in [0.2, 0.25) is 0 Å². The number of amides is 1. The third-order valence-corrected chi connectivity index (χ3v) is 5.73. The van der Waals surface area contributed by atoms with Crippen molar-refractivity contribution in [3.05, 3.63) is 71.3 Å². The molecule has 0 saturated heterocycles. The van der Waals surface area contributed by atoms with Crippen LogP contribution in [0.25, 0.3) is 10.9 Å². The Kier molecular flexibility index (Phi) is 6.75. The van der Waals surface area contributed by atoms with E-state index < -0.39 is 0 Å². The van der Waals surface area contributed by atoms with Crippen LogP contribution in [0, 0.1) is 13.8 Å². The lowest BCUT2D eigenvalue weighted by atomic mass is 9.90. The largest absolute Gasteiger partial charge is 0.367 e. The van der Waals surface area contributed by atoms with Gasteiger partial charge >= 0.3 is 0 Å². The van der Waals surface area contributed by atoms with Crippen LogP contribution in [0.15, 0.2) is 54.6 Å². The second-order valence-corrected chi connectivity index (χ2v) is 7.82. The van der Waals surface area contributed by atoms with E-state index in [1.165, 1.54) is 10.9 Å². The molecular weight excluding hydrogens is 382 g/mol. The van der Waals surface area contributed by atoms with Gasteiger partial charge in [-0.05, 0) is 68.9 Å². The summed E-state index contributed by atoms with van der Waals surface area (Å²) >= 11 is 0. The topological polar surface area (TPSA) is 54.0 Å². The van der Waals surface area contributed by atoms with E-state index in [-0.39, 0.29) is 24.4 Å². The van der Waals surface area contributed by atoms with Gasteiger partial charge in [0, 0.05) is 23.0 Å². The highest BCUT2D eigenvalue weighted by Crippen LogP contribution is 2.25. The third-order valence-electron chi connectivity index (χ3n) is 5.73. The second-order valence-electron chi connectivity index (χ2n) is 7.82. The fraction of sp³-hybridized carbons (Fsp3) is 0.333. The van der Waals surface area contributed by atoms with Crippen molar-refractivity contribution in [2.75, 3.05) is 5.32 Å². The molecule has 1 fully saturated rings. The van der Waals surface area contributed by atoms with Crippen LogP contribution in [0.4, 0.5) is 5.82 Å². The zero-order valence-electron chi connectivity index (χ0n) is 16.9. The van der Waals surface area contributed by atoms with E-state index in [4.69, 9.17) is 4.98 Å². The number of anilines is 1. The molecule has 4 nitrogen and oxygen atoms in total. The first kappa shape index (κ1) is 21.1. The number of pyridine rings is 1. The molecule has 0 aliphatic heterocycles. The van der Waals surface area contributed by atoms with Crippen molar-refractivity contribution in [2.24, 2.45) is 0 Å². The minimum atomic E-state index is 0. The number of halogens is 1. The number of para-hydroxylation sites is 1. The molecule has 0 atom stereocenters. The van der Waals surface area contributed by atoms with Gasteiger partial charge in [-0.15, -0.1) is 12.4 Å². The lowest BCUT2D eigenvalue weighted by Crippen LogP contribution is -2.40. The summed E-state index contributed by atoms with van der Waals surface area (Å²) in [5.74, 6) is 0.991. The van der Waals surface area contributed by atoms with Crippen molar-refractivity contribution in [1.29, 1.82) is 0 Å². The molecule has 0 radical (unpaired) electrons. The van der Waals surface area contributed by atoms with E-state index in [0.29, 0.717) is 6.04 Å². The predicted molar refractivity (Wildman–Crippen MR) is 122 cm³/mol.